The van der Waals surface area contributed by atoms with Crippen LogP contribution < -0.4 is 10.2 Å². The van der Waals surface area contributed by atoms with E-state index in [-0.39, 0.29) is 6.54 Å². The molecule has 1 aromatic carbocycles. The van der Waals surface area contributed by atoms with E-state index in [1.807, 2.05) is 30.3 Å². The maximum Gasteiger partial charge on any atom is 0.331 e. The van der Waals surface area contributed by atoms with Crippen molar-refractivity contribution in [1.82, 2.24) is 10.2 Å². The van der Waals surface area contributed by atoms with Crippen molar-refractivity contribution in [3.63, 3.8) is 0 Å². The summed E-state index contributed by atoms with van der Waals surface area (Å²) in [7, 11) is 0. The minimum atomic E-state index is -1.03. The van der Waals surface area contributed by atoms with Crippen LogP contribution in [0.15, 0.2) is 35.3 Å². The lowest BCUT2D eigenvalue weighted by Crippen LogP contribution is -3.13. The summed E-state index contributed by atoms with van der Waals surface area (Å²) in [6.07, 6.45) is 5.19. The molecule has 0 aliphatic carbocycles. The molecule has 2 fully saturated rings. The number of quaternary nitrogens is 1. The van der Waals surface area contributed by atoms with Gasteiger partial charge in [-0.3, -0.25) is 24.8 Å². The molecule has 7 nitrogen and oxygen atoms in total. The van der Waals surface area contributed by atoms with E-state index in [2.05, 4.69) is 10.3 Å². The Balaban J connectivity index is 1.58. The number of likely N-dealkylation sites (tertiary alicyclic amines) is 1. The molecule has 0 unspecified atom stereocenters. The smallest absolute Gasteiger partial charge is 0.331 e. The van der Waals surface area contributed by atoms with E-state index in [0.717, 1.165) is 30.1 Å². The molecule has 138 valence electrons. The highest BCUT2D eigenvalue weighted by atomic mass is 16.2. The lowest BCUT2D eigenvalue weighted by atomic mass is 10.1. The molecular weight excluding hydrogens is 332 g/mol. The Morgan fingerprint density at radius 1 is 1.12 bits per heavy atom. The number of amides is 4. The molecule has 26 heavy (non-hydrogen) atoms. The van der Waals surface area contributed by atoms with Gasteiger partial charge in [0.25, 0.3) is 0 Å². The highest BCUT2D eigenvalue weighted by molar-refractivity contribution is 6.23. The van der Waals surface area contributed by atoms with Gasteiger partial charge in [-0.25, -0.2) is 4.79 Å². The van der Waals surface area contributed by atoms with Crippen molar-refractivity contribution < 1.29 is 19.3 Å². The molecule has 7 heteroatoms. The highest BCUT2D eigenvalue weighted by Crippen LogP contribution is 2.13. The van der Waals surface area contributed by atoms with Gasteiger partial charge in [0.1, 0.15) is 0 Å². The SMILES string of the molecule is O=C1NC(=O)N(Cc2ccccc2)C(=O)[C@@H]1C=NCC[NH+]1CCCCC1. The third-order valence-corrected chi connectivity index (χ3v) is 4.88. The second-order valence-electron chi connectivity index (χ2n) is 6.80. The average molecular weight is 357 g/mol. The Morgan fingerprint density at radius 2 is 1.85 bits per heavy atom. The zero-order valence-electron chi connectivity index (χ0n) is 14.8. The molecule has 2 heterocycles. The molecule has 0 spiro atoms. The Labute approximate surface area is 153 Å². The molecule has 2 aliphatic heterocycles. The van der Waals surface area contributed by atoms with Crippen LogP contribution in [-0.2, 0) is 16.1 Å². The number of benzene rings is 1. The fourth-order valence-corrected chi connectivity index (χ4v) is 3.38. The van der Waals surface area contributed by atoms with Crippen LogP contribution in [0.3, 0.4) is 0 Å². The number of urea groups is 1. The number of carbonyl (C=O) groups is 3. The van der Waals surface area contributed by atoms with Crippen molar-refractivity contribution >= 4 is 24.1 Å². The van der Waals surface area contributed by atoms with Crippen molar-refractivity contribution in [2.24, 2.45) is 10.9 Å². The van der Waals surface area contributed by atoms with Crippen LogP contribution in [0.5, 0.6) is 0 Å². The standard InChI is InChI=1S/C19H24N4O3/c24-17-16(13-20-9-12-22-10-5-2-6-11-22)18(25)23(19(26)21-17)14-15-7-3-1-4-8-15/h1,3-4,7-8,13,16H,2,5-6,9-12,14H2,(H,21,24,26)/p+1/t16-/m1/s1. The first kappa shape index (κ1) is 18.3. The third-order valence-electron chi connectivity index (χ3n) is 4.88. The average Bonchev–Trinajstić information content (AvgIpc) is 2.66. The number of barbiturate groups is 1. The Kier molecular flexibility index (Phi) is 6.12. The third kappa shape index (κ3) is 4.54. The van der Waals surface area contributed by atoms with Gasteiger partial charge in [0.05, 0.1) is 32.7 Å². The monoisotopic (exact) mass is 357 g/mol. The summed E-state index contributed by atoms with van der Waals surface area (Å²) in [5.74, 6) is -2.15. The minimum absolute atomic E-state index is 0.140. The summed E-state index contributed by atoms with van der Waals surface area (Å²) in [5.41, 5.74) is 0.828. The summed E-state index contributed by atoms with van der Waals surface area (Å²) in [6.45, 7) is 3.96. The van der Waals surface area contributed by atoms with Gasteiger partial charge in [0.2, 0.25) is 11.8 Å². The van der Waals surface area contributed by atoms with Gasteiger partial charge in [-0.15, -0.1) is 0 Å². The van der Waals surface area contributed by atoms with Crippen LogP contribution in [0.4, 0.5) is 4.79 Å². The molecule has 0 aromatic heterocycles. The number of hydrogen-bond acceptors (Lipinski definition) is 4. The van der Waals surface area contributed by atoms with Crippen molar-refractivity contribution in [3.05, 3.63) is 35.9 Å². The van der Waals surface area contributed by atoms with E-state index in [9.17, 15) is 14.4 Å². The summed E-state index contributed by atoms with van der Waals surface area (Å²) in [6, 6.07) is 8.54. The molecule has 2 saturated heterocycles. The number of nitrogens with zero attached hydrogens (tertiary/aromatic N) is 2. The predicted octanol–water partition coefficient (Wildman–Crippen LogP) is 0.0208. The number of rotatable bonds is 6. The number of nitrogens with one attached hydrogen (secondary N) is 2. The van der Waals surface area contributed by atoms with Gasteiger partial charge in [0, 0.05) is 6.21 Å². The fraction of sp³-hybridized carbons (Fsp3) is 0.474. The first-order valence-corrected chi connectivity index (χ1v) is 9.19. The van der Waals surface area contributed by atoms with Gasteiger partial charge in [-0.2, -0.15) is 0 Å². The van der Waals surface area contributed by atoms with E-state index in [1.165, 1.54) is 30.4 Å². The second-order valence-corrected chi connectivity index (χ2v) is 6.80. The molecule has 4 amide bonds. The van der Waals surface area contributed by atoms with Gasteiger partial charge in [0.15, 0.2) is 5.92 Å². The largest absolute Gasteiger partial charge is 0.333 e. The Bertz CT molecular complexity index is 683. The highest BCUT2D eigenvalue weighted by Gasteiger charge is 2.39. The predicted molar refractivity (Wildman–Crippen MR) is 96.8 cm³/mol. The zero-order chi connectivity index (χ0) is 18.4. The fourth-order valence-electron chi connectivity index (χ4n) is 3.38. The summed E-state index contributed by atoms with van der Waals surface area (Å²) in [4.78, 5) is 43.5. The van der Waals surface area contributed by atoms with Crippen LogP contribution in [0.2, 0.25) is 0 Å². The molecule has 0 radical (unpaired) electrons. The van der Waals surface area contributed by atoms with E-state index in [0.29, 0.717) is 6.54 Å². The molecule has 3 rings (SSSR count). The molecule has 0 bridgehead atoms. The molecule has 0 saturated carbocycles. The number of carbonyl (C=O) groups excluding carboxylic acids is 3. The van der Waals surface area contributed by atoms with Crippen LogP contribution >= 0.6 is 0 Å². The van der Waals surface area contributed by atoms with E-state index in [4.69, 9.17) is 0 Å². The molecular formula is C19H25N4O3+. The van der Waals surface area contributed by atoms with Crippen molar-refractivity contribution in [1.29, 1.82) is 0 Å². The molecule has 2 aliphatic rings. The maximum atomic E-state index is 12.6. The molecule has 1 aromatic rings. The number of imide groups is 2. The van der Waals surface area contributed by atoms with Crippen LogP contribution in [-0.4, -0.2) is 55.1 Å². The van der Waals surface area contributed by atoms with Gasteiger partial charge in [-0.1, -0.05) is 30.3 Å². The summed E-state index contributed by atoms with van der Waals surface area (Å²) < 4.78 is 0. The lowest BCUT2D eigenvalue weighted by molar-refractivity contribution is -0.903. The molecule has 1 atom stereocenters. The summed E-state index contributed by atoms with van der Waals surface area (Å²) >= 11 is 0. The topological polar surface area (TPSA) is 83.3 Å². The Morgan fingerprint density at radius 3 is 2.58 bits per heavy atom. The van der Waals surface area contributed by atoms with Gasteiger partial charge in [-0.05, 0) is 24.8 Å². The normalized spacial score (nSPS) is 22.1. The first-order valence-electron chi connectivity index (χ1n) is 9.19. The van der Waals surface area contributed by atoms with Crippen LogP contribution in [0.1, 0.15) is 24.8 Å². The van der Waals surface area contributed by atoms with E-state index >= 15 is 0 Å². The van der Waals surface area contributed by atoms with Crippen molar-refractivity contribution in [2.45, 2.75) is 25.8 Å². The molecule has 2 N–H and O–H groups in total. The van der Waals surface area contributed by atoms with Crippen molar-refractivity contribution in [2.75, 3.05) is 26.2 Å². The lowest BCUT2D eigenvalue weighted by Gasteiger charge is -2.28. The summed E-state index contributed by atoms with van der Waals surface area (Å²) in [5, 5.41) is 2.25. The quantitative estimate of drug-likeness (QED) is 0.556. The maximum absolute atomic E-state index is 12.6. The van der Waals surface area contributed by atoms with Crippen LogP contribution in [0.25, 0.3) is 0 Å². The van der Waals surface area contributed by atoms with Gasteiger partial charge >= 0.3 is 6.03 Å². The van der Waals surface area contributed by atoms with E-state index in [1.54, 1.807) is 0 Å². The minimum Gasteiger partial charge on any atom is -0.333 e. The zero-order valence-corrected chi connectivity index (χ0v) is 14.8. The first-order chi connectivity index (χ1) is 12.6. The van der Waals surface area contributed by atoms with E-state index < -0.39 is 23.8 Å². The number of hydrogen-bond donors (Lipinski definition) is 2. The second kappa shape index (κ2) is 8.71. The number of piperidine rings is 1. The van der Waals surface area contributed by atoms with Gasteiger partial charge < -0.3 is 4.90 Å². The van der Waals surface area contributed by atoms with Crippen molar-refractivity contribution in [3.8, 4) is 0 Å². The van der Waals surface area contributed by atoms with Crippen LogP contribution in [0, 0.1) is 5.92 Å². The number of aliphatic imine (C=N–C) groups is 1. The Hall–Kier alpha value is -2.54.